The molecule has 0 bridgehead atoms. The van der Waals surface area contributed by atoms with Gasteiger partial charge in [-0.3, -0.25) is 4.79 Å². The average molecular weight is 374 g/mol. The number of ether oxygens (including phenoxy) is 3. The number of anilines is 1. The first-order valence-corrected chi connectivity index (χ1v) is 8.67. The maximum atomic E-state index is 12.5. The van der Waals surface area contributed by atoms with E-state index in [2.05, 4.69) is 5.32 Å². The zero-order valence-electron chi connectivity index (χ0n) is 14.9. The lowest BCUT2D eigenvalue weighted by Crippen LogP contribution is -2.03. The first-order chi connectivity index (χ1) is 12.6. The molecule has 26 heavy (non-hydrogen) atoms. The van der Waals surface area contributed by atoms with Gasteiger partial charge in [-0.05, 0) is 36.3 Å². The number of rotatable bonds is 6. The number of fused-ring (bicyclic) bond motifs is 1. The molecule has 5 nitrogen and oxygen atoms in total. The van der Waals surface area contributed by atoms with Crippen LogP contribution in [0.4, 0.5) is 5.69 Å². The van der Waals surface area contributed by atoms with Gasteiger partial charge in [-0.25, -0.2) is 0 Å². The third-order valence-corrected chi connectivity index (χ3v) is 4.47. The molecule has 2 aromatic carbocycles. The molecular formula is C20H20ClNO4. The monoisotopic (exact) mass is 373 g/mol. The lowest BCUT2D eigenvalue weighted by molar-refractivity contribution is -0.110. The van der Waals surface area contributed by atoms with Crippen LogP contribution in [0.5, 0.6) is 17.2 Å². The van der Waals surface area contributed by atoms with E-state index in [1.54, 1.807) is 39.5 Å². The van der Waals surface area contributed by atoms with Crippen LogP contribution < -0.4 is 19.5 Å². The summed E-state index contributed by atoms with van der Waals surface area (Å²) < 4.78 is 16.1. The topological polar surface area (TPSA) is 56.8 Å². The van der Waals surface area contributed by atoms with Crippen LogP contribution in [0.3, 0.4) is 0 Å². The third kappa shape index (κ3) is 3.35. The van der Waals surface area contributed by atoms with Crippen molar-refractivity contribution in [2.75, 3.05) is 32.5 Å². The predicted molar refractivity (Wildman–Crippen MR) is 103 cm³/mol. The minimum Gasteiger partial charge on any atom is -0.496 e. The molecule has 0 unspecified atom stereocenters. The molecule has 0 spiro atoms. The molecule has 1 heterocycles. The SMILES string of the molecule is COc1cc(OC)c(OC)cc1C=C1C(=O)Nc2ccc(CCCl)cc21. The Morgan fingerprint density at radius 1 is 1.00 bits per heavy atom. The highest BCUT2D eigenvalue weighted by Crippen LogP contribution is 2.39. The molecular weight excluding hydrogens is 354 g/mol. The van der Waals surface area contributed by atoms with E-state index >= 15 is 0 Å². The Kier molecular flexibility index (Phi) is 5.38. The van der Waals surface area contributed by atoms with Crippen LogP contribution in [0, 0.1) is 0 Å². The van der Waals surface area contributed by atoms with Gasteiger partial charge in [0, 0.05) is 34.3 Å². The van der Waals surface area contributed by atoms with E-state index in [0.717, 1.165) is 28.8 Å². The Bertz CT molecular complexity index is 876. The van der Waals surface area contributed by atoms with Crippen LogP contribution >= 0.6 is 11.6 Å². The molecule has 0 saturated heterocycles. The molecule has 1 amide bonds. The molecule has 3 rings (SSSR count). The summed E-state index contributed by atoms with van der Waals surface area (Å²) in [5, 5.41) is 2.89. The number of methoxy groups -OCH3 is 3. The summed E-state index contributed by atoms with van der Waals surface area (Å²) in [6, 6.07) is 9.40. The number of hydrogen-bond acceptors (Lipinski definition) is 4. The number of hydrogen-bond donors (Lipinski definition) is 1. The van der Waals surface area contributed by atoms with Crippen LogP contribution in [0.15, 0.2) is 30.3 Å². The summed E-state index contributed by atoms with van der Waals surface area (Å²) in [6.45, 7) is 0. The number of alkyl halides is 1. The number of benzene rings is 2. The largest absolute Gasteiger partial charge is 0.496 e. The number of amides is 1. The molecule has 6 heteroatoms. The summed E-state index contributed by atoms with van der Waals surface area (Å²) in [6.07, 6.45) is 2.54. The second-order valence-electron chi connectivity index (χ2n) is 5.78. The zero-order chi connectivity index (χ0) is 18.7. The van der Waals surface area contributed by atoms with Crippen LogP contribution in [0.25, 0.3) is 11.6 Å². The fraction of sp³-hybridized carbons (Fsp3) is 0.250. The Morgan fingerprint density at radius 3 is 2.35 bits per heavy atom. The van der Waals surface area contributed by atoms with E-state index in [4.69, 9.17) is 25.8 Å². The van der Waals surface area contributed by atoms with E-state index in [0.29, 0.717) is 28.7 Å². The van der Waals surface area contributed by atoms with Crippen molar-refractivity contribution < 1.29 is 19.0 Å². The first kappa shape index (κ1) is 18.1. The van der Waals surface area contributed by atoms with Crippen molar-refractivity contribution in [2.45, 2.75) is 6.42 Å². The lowest BCUT2D eigenvalue weighted by Gasteiger charge is -2.12. The normalized spacial score (nSPS) is 14.2. The summed E-state index contributed by atoms with van der Waals surface area (Å²) in [4.78, 5) is 12.5. The Labute approximate surface area is 157 Å². The molecule has 0 aliphatic carbocycles. The Hall–Kier alpha value is -2.66. The number of carbonyl (C=O) groups is 1. The molecule has 0 saturated carbocycles. The van der Waals surface area contributed by atoms with Crippen LogP contribution in [0.1, 0.15) is 16.7 Å². The second-order valence-corrected chi connectivity index (χ2v) is 6.16. The van der Waals surface area contributed by atoms with Crippen LogP contribution in [-0.2, 0) is 11.2 Å². The summed E-state index contributed by atoms with van der Waals surface area (Å²) in [5.41, 5.74) is 4.03. The standard InChI is InChI=1S/C20H20ClNO4/c1-24-17-11-19(26-3)18(25-2)10-13(17)9-15-14-8-12(6-7-21)4-5-16(14)22-20(15)23/h4-5,8-11H,6-7H2,1-3H3,(H,22,23). The van der Waals surface area contributed by atoms with Crippen molar-refractivity contribution in [2.24, 2.45) is 0 Å². The minimum absolute atomic E-state index is 0.153. The van der Waals surface area contributed by atoms with Crippen molar-refractivity contribution in [3.05, 3.63) is 47.0 Å². The molecule has 1 aliphatic rings. The lowest BCUT2D eigenvalue weighted by atomic mass is 10.00. The number of halogens is 1. The van der Waals surface area contributed by atoms with Crippen molar-refractivity contribution >= 4 is 34.8 Å². The minimum atomic E-state index is -0.153. The molecule has 1 N–H and O–H groups in total. The van der Waals surface area contributed by atoms with Gasteiger partial charge >= 0.3 is 0 Å². The van der Waals surface area contributed by atoms with Gasteiger partial charge in [0.25, 0.3) is 5.91 Å². The highest BCUT2D eigenvalue weighted by Gasteiger charge is 2.25. The van der Waals surface area contributed by atoms with E-state index in [-0.39, 0.29) is 5.91 Å². The molecule has 0 fully saturated rings. The number of aryl methyl sites for hydroxylation is 1. The smallest absolute Gasteiger partial charge is 0.256 e. The molecule has 1 aliphatic heterocycles. The fourth-order valence-electron chi connectivity index (χ4n) is 2.96. The van der Waals surface area contributed by atoms with Crippen molar-refractivity contribution in [1.29, 1.82) is 0 Å². The van der Waals surface area contributed by atoms with E-state index in [1.165, 1.54) is 0 Å². The van der Waals surface area contributed by atoms with E-state index in [9.17, 15) is 4.79 Å². The highest BCUT2D eigenvalue weighted by molar-refractivity contribution is 6.35. The fourth-order valence-corrected chi connectivity index (χ4v) is 3.18. The van der Waals surface area contributed by atoms with E-state index in [1.807, 2.05) is 18.2 Å². The Balaban J connectivity index is 2.11. The van der Waals surface area contributed by atoms with Gasteiger partial charge in [0.05, 0.1) is 21.3 Å². The Morgan fingerprint density at radius 2 is 1.69 bits per heavy atom. The maximum Gasteiger partial charge on any atom is 0.256 e. The third-order valence-electron chi connectivity index (χ3n) is 4.29. The van der Waals surface area contributed by atoms with Gasteiger partial charge in [0.15, 0.2) is 11.5 Å². The molecule has 0 aromatic heterocycles. The molecule has 136 valence electrons. The van der Waals surface area contributed by atoms with Gasteiger partial charge in [-0.2, -0.15) is 0 Å². The van der Waals surface area contributed by atoms with Gasteiger partial charge in [0.1, 0.15) is 5.75 Å². The molecule has 0 atom stereocenters. The predicted octanol–water partition coefficient (Wildman–Crippen LogP) is 3.99. The van der Waals surface area contributed by atoms with Crippen molar-refractivity contribution in [3.63, 3.8) is 0 Å². The van der Waals surface area contributed by atoms with Crippen molar-refractivity contribution in [3.8, 4) is 17.2 Å². The number of carbonyl (C=O) groups excluding carboxylic acids is 1. The van der Waals surface area contributed by atoms with Gasteiger partial charge in [-0.15, -0.1) is 11.6 Å². The van der Waals surface area contributed by atoms with Crippen LogP contribution in [-0.4, -0.2) is 33.1 Å². The summed E-state index contributed by atoms with van der Waals surface area (Å²) in [7, 11) is 4.70. The molecule has 0 radical (unpaired) electrons. The zero-order valence-corrected chi connectivity index (χ0v) is 15.6. The maximum absolute atomic E-state index is 12.5. The number of nitrogens with one attached hydrogen (secondary N) is 1. The average Bonchev–Trinajstić information content (AvgIpc) is 2.96. The van der Waals surface area contributed by atoms with Gasteiger partial charge < -0.3 is 19.5 Å². The second kappa shape index (κ2) is 7.70. The van der Waals surface area contributed by atoms with Crippen molar-refractivity contribution in [1.82, 2.24) is 0 Å². The van der Waals surface area contributed by atoms with Crippen LogP contribution in [0.2, 0.25) is 0 Å². The van der Waals surface area contributed by atoms with Gasteiger partial charge in [-0.1, -0.05) is 6.07 Å². The van der Waals surface area contributed by atoms with Gasteiger partial charge in [0.2, 0.25) is 0 Å². The quantitative estimate of drug-likeness (QED) is 0.614. The molecule has 2 aromatic rings. The highest BCUT2D eigenvalue weighted by atomic mass is 35.5. The first-order valence-electron chi connectivity index (χ1n) is 8.13. The van der Waals surface area contributed by atoms with E-state index < -0.39 is 0 Å². The summed E-state index contributed by atoms with van der Waals surface area (Å²) >= 11 is 5.84. The summed E-state index contributed by atoms with van der Waals surface area (Å²) in [5.74, 6) is 2.10.